The van der Waals surface area contributed by atoms with Gasteiger partial charge in [-0.1, -0.05) is 23.4 Å². The number of hydrogen-bond donors (Lipinski definition) is 1. The van der Waals surface area contributed by atoms with E-state index in [0.29, 0.717) is 31.6 Å². The lowest BCUT2D eigenvalue weighted by Gasteiger charge is -2.24. The lowest BCUT2D eigenvalue weighted by Crippen LogP contribution is -2.24. The second kappa shape index (κ2) is 11.4. The molecule has 1 unspecified atom stereocenters. The molecule has 1 atom stereocenters. The predicted octanol–water partition coefficient (Wildman–Crippen LogP) is 5.51. The maximum absolute atomic E-state index is 15.2. The summed E-state index contributed by atoms with van der Waals surface area (Å²) in [5, 5.41) is 16.2. The minimum atomic E-state index is -1.12. The van der Waals surface area contributed by atoms with Gasteiger partial charge in [-0.25, -0.2) is 19.1 Å². The summed E-state index contributed by atoms with van der Waals surface area (Å²) in [6.45, 7) is 3.93. The molecule has 3 aromatic rings. The largest absolute Gasteiger partial charge is 0.385 e. The zero-order chi connectivity index (χ0) is 26.8. The van der Waals surface area contributed by atoms with Gasteiger partial charge < -0.3 is 19.1 Å². The Kier molecular flexibility index (Phi) is 8.61. The van der Waals surface area contributed by atoms with E-state index in [4.69, 9.17) is 21.1 Å². The third kappa shape index (κ3) is 7.10. The Morgan fingerprint density at radius 3 is 2.65 bits per heavy atom. The van der Waals surface area contributed by atoms with E-state index in [2.05, 4.69) is 35.7 Å². The molecule has 202 valence electrons. The van der Waals surface area contributed by atoms with Crippen molar-refractivity contribution in [2.24, 2.45) is 5.92 Å². The summed E-state index contributed by atoms with van der Waals surface area (Å²) in [5.41, 5.74) is 1.48. The number of nitrogens with zero attached hydrogens (tertiary/aromatic N) is 3. The smallest absolute Gasteiger partial charge is 0.159 e. The van der Waals surface area contributed by atoms with Crippen molar-refractivity contribution in [2.75, 3.05) is 44.8 Å². The van der Waals surface area contributed by atoms with E-state index in [1.807, 2.05) is 17.0 Å². The summed E-state index contributed by atoms with van der Waals surface area (Å²) in [6, 6.07) is 3.26. The number of hydrogen-bond acceptors (Lipinski definition) is 4. The van der Waals surface area contributed by atoms with Gasteiger partial charge in [0.25, 0.3) is 0 Å². The van der Waals surface area contributed by atoms with Crippen LogP contribution in [0.2, 0.25) is 5.15 Å². The number of ether oxygens (including phenoxy) is 2. The van der Waals surface area contributed by atoms with E-state index in [1.54, 1.807) is 24.8 Å². The number of halogens is 2. The molecule has 1 fully saturated rings. The van der Waals surface area contributed by atoms with Crippen LogP contribution in [0.3, 0.4) is 0 Å². The van der Waals surface area contributed by atoms with Crippen molar-refractivity contribution in [3.63, 3.8) is 0 Å². The second-order valence-corrected chi connectivity index (χ2v) is 15.8. The van der Waals surface area contributed by atoms with Crippen molar-refractivity contribution in [2.45, 2.75) is 45.1 Å². The maximum atomic E-state index is 15.2. The molecule has 6 nitrogen and oxygen atoms in total. The molecule has 1 saturated carbocycles. The highest BCUT2D eigenvalue weighted by Crippen LogP contribution is 2.39. The highest BCUT2D eigenvalue weighted by atomic mass is 35.5. The summed E-state index contributed by atoms with van der Waals surface area (Å²) >= 11 is 6.59. The Morgan fingerprint density at radius 2 is 1.97 bits per heavy atom. The average Bonchev–Trinajstić information content (AvgIpc) is 3.55. The first-order valence-electron chi connectivity index (χ1n) is 12.5. The van der Waals surface area contributed by atoms with Gasteiger partial charge in [0, 0.05) is 54.9 Å². The average molecular weight is 550 g/mol. The van der Waals surface area contributed by atoms with Crippen LogP contribution in [0.5, 0.6) is 0 Å². The van der Waals surface area contributed by atoms with E-state index in [9.17, 15) is 5.11 Å². The van der Waals surface area contributed by atoms with Crippen molar-refractivity contribution in [3.05, 3.63) is 41.1 Å². The fraction of sp³-hybridized carbons (Fsp3) is 0.536. The topological polar surface area (TPSA) is 61.4 Å². The molecule has 0 saturated heterocycles. The molecule has 2 aromatic heterocycles. The van der Waals surface area contributed by atoms with E-state index < -0.39 is 21.4 Å². The van der Waals surface area contributed by atoms with Crippen LogP contribution in [0.15, 0.2) is 24.5 Å². The highest BCUT2D eigenvalue weighted by molar-refractivity contribution is 8.32. The van der Waals surface area contributed by atoms with Crippen LogP contribution in [-0.4, -0.2) is 69.9 Å². The zero-order valence-corrected chi connectivity index (χ0v) is 23.9. The lowest BCUT2D eigenvalue weighted by molar-refractivity contribution is 0.0810. The monoisotopic (exact) mass is 549 g/mol. The molecule has 4 rings (SSSR count). The molecule has 0 aliphatic heterocycles. The van der Waals surface area contributed by atoms with Crippen LogP contribution >= 0.6 is 21.6 Å². The number of aromatic nitrogens is 3. The van der Waals surface area contributed by atoms with Crippen molar-refractivity contribution in [1.29, 1.82) is 0 Å². The van der Waals surface area contributed by atoms with Gasteiger partial charge in [-0.15, -0.1) is 0 Å². The van der Waals surface area contributed by atoms with Crippen LogP contribution < -0.4 is 0 Å². The maximum Gasteiger partial charge on any atom is 0.159 e. The SMILES string of the molecule is COCCCn1cc(-c2cn(COCCS(C)(C)C)nc2Cl)c2cc(C#CC(C)(O)C3CC3)c(F)cc21. The van der Waals surface area contributed by atoms with Gasteiger partial charge in [0.2, 0.25) is 0 Å². The predicted molar refractivity (Wildman–Crippen MR) is 151 cm³/mol. The fourth-order valence-corrected chi connectivity index (χ4v) is 5.10. The number of aliphatic hydroxyl groups is 1. The Balaban J connectivity index is 1.68. The number of benzene rings is 1. The van der Waals surface area contributed by atoms with Crippen LogP contribution in [0.1, 0.15) is 31.7 Å². The number of methoxy groups -OCH3 is 1. The molecule has 2 heterocycles. The summed E-state index contributed by atoms with van der Waals surface area (Å²) in [7, 11) is 1.04. The van der Waals surface area contributed by atoms with Gasteiger partial charge >= 0.3 is 0 Å². The van der Waals surface area contributed by atoms with Gasteiger partial charge in [0.05, 0.1) is 17.7 Å². The van der Waals surface area contributed by atoms with Crippen molar-refractivity contribution < 1.29 is 19.0 Å². The number of fused-ring (bicyclic) bond motifs is 1. The van der Waals surface area contributed by atoms with E-state index in [1.165, 1.54) is 6.07 Å². The summed E-state index contributed by atoms with van der Waals surface area (Å²) in [5.74, 6) is 6.55. The van der Waals surface area contributed by atoms with Gasteiger partial charge in [-0.05, 0) is 63.0 Å². The zero-order valence-electron chi connectivity index (χ0n) is 22.3. The Bertz CT molecular complexity index is 1310. The molecule has 1 aliphatic carbocycles. The summed E-state index contributed by atoms with van der Waals surface area (Å²) < 4.78 is 29.9. The first-order chi connectivity index (χ1) is 17.5. The molecule has 0 bridgehead atoms. The van der Waals surface area contributed by atoms with Crippen LogP contribution in [0.4, 0.5) is 4.39 Å². The summed E-state index contributed by atoms with van der Waals surface area (Å²) in [6.07, 6.45) is 13.3. The quantitative estimate of drug-likeness (QED) is 0.253. The lowest BCUT2D eigenvalue weighted by atomic mass is 10.00. The molecular formula is C28H37ClFN3O3S. The molecule has 0 spiro atoms. The normalized spacial score (nSPS) is 16.0. The van der Waals surface area contributed by atoms with E-state index in [-0.39, 0.29) is 11.5 Å². The first kappa shape index (κ1) is 28.0. The Labute approximate surface area is 225 Å². The molecular weight excluding hydrogens is 513 g/mol. The number of aryl methyl sites for hydroxylation is 1. The van der Waals surface area contributed by atoms with Crippen molar-refractivity contribution >= 4 is 32.5 Å². The Hall–Kier alpha value is -2.02. The molecule has 9 heteroatoms. The third-order valence-corrected chi connectivity index (χ3v) is 8.28. The standard InChI is InChI=1S/C28H37ClFN3O3S/c1-28(34,21-7-8-21)10-9-20-15-22-23(17-32(11-6-12-35-2)26(22)16-25(20)30)24-18-33(31-27(24)29)19-36-13-14-37(3,4)5/h15-18,21,34H,6-8,11-14,19H2,1-5H3. The van der Waals surface area contributed by atoms with E-state index >= 15 is 4.39 Å². The van der Waals surface area contributed by atoms with Crippen molar-refractivity contribution in [3.8, 4) is 23.0 Å². The van der Waals surface area contributed by atoms with E-state index in [0.717, 1.165) is 47.0 Å². The molecule has 0 amide bonds. The van der Waals surface area contributed by atoms with Gasteiger partial charge in [-0.2, -0.15) is 5.10 Å². The highest BCUT2D eigenvalue weighted by Gasteiger charge is 2.38. The molecule has 1 N–H and O–H groups in total. The van der Waals surface area contributed by atoms with Gasteiger partial charge in [0.15, 0.2) is 5.15 Å². The Morgan fingerprint density at radius 1 is 1.22 bits per heavy atom. The minimum absolute atomic E-state index is 0.154. The number of rotatable bonds is 11. The minimum Gasteiger partial charge on any atom is -0.385 e. The molecule has 1 aliphatic rings. The van der Waals surface area contributed by atoms with Crippen LogP contribution in [0, 0.1) is 23.6 Å². The first-order valence-corrected chi connectivity index (χ1v) is 15.9. The van der Waals surface area contributed by atoms with Crippen LogP contribution in [0.25, 0.3) is 22.0 Å². The fourth-order valence-electron chi connectivity index (χ4n) is 4.24. The van der Waals surface area contributed by atoms with Crippen molar-refractivity contribution in [1.82, 2.24) is 14.3 Å². The summed E-state index contributed by atoms with van der Waals surface area (Å²) in [4.78, 5) is 0. The van der Waals surface area contributed by atoms with Gasteiger partial charge in [0.1, 0.15) is 18.1 Å². The molecule has 1 aromatic carbocycles. The molecule has 0 radical (unpaired) electrons. The third-order valence-electron chi connectivity index (χ3n) is 6.61. The second-order valence-electron chi connectivity index (χ2n) is 10.8. The van der Waals surface area contributed by atoms with Crippen LogP contribution in [-0.2, 0) is 22.7 Å². The van der Waals surface area contributed by atoms with Gasteiger partial charge in [-0.3, -0.25) is 0 Å². The molecule has 37 heavy (non-hydrogen) atoms.